The zero-order valence-electron chi connectivity index (χ0n) is 20.8. The van der Waals surface area contributed by atoms with Gasteiger partial charge in [-0.1, -0.05) is 54.6 Å². The number of alkyl halides is 3. The smallest absolute Gasteiger partial charge is 0.416 e. The number of benzene rings is 4. The van der Waals surface area contributed by atoms with Crippen molar-refractivity contribution in [1.29, 1.82) is 0 Å². The number of carbonyl (C=O) groups is 2. The average Bonchev–Trinajstić information content (AvgIpc) is 2.92. The van der Waals surface area contributed by atoms with Crippen LogP contribution in [0.2, 0.25) is 0 Å². The lowest BCUT2D eigenvalue weighted by Crippen LogP contribution is -2.30. The molecule has 0 spiro atoms. The second-order valence-electron chi connectivity index (χ2n) is 8.86. The third-order valence-electron chi connectivity index (χ3n) is 6.20. The lowest BCUT2D eigenvalue weighted by Gasteiger charge is -2.19. The SMILES string of the molecule is COC(=O)CC(NC(=O)c1cc(-c2cccc(N)c2)ccc1O)c1ccc(-c2cccc(C(F)(F)F)c2)cc1. The van der Waals surface area contributed by atoms with Crippen molar-refractivity contribution in [2.75, 3.05) is 12.8 Å². The normalized spacial score (nSPS) is 12.0. The van der Waals surface area contributed by atoms with Crippen LogP contribution in [0.1, 0.15) is 33.9 Å². The van der Waals surface area contributed by atoms with E-state index >= 15 is 0 Å². The van der Waals surface area contributed by atoms with Gasteiger partial charge in [0.25, 0.3) is 5.91 Å². The van der Waals surface area contributed by atoms with E-state index in [9.17, 15) is 27.9 Å². The Morgan fingerprint density at radius 1 is 0.872 bits per heavy atom. The molecule has 0 aromatic heterocycles. The summed E-state index contributed by atoms with van der Waals surface area (Å²) in [6, 6.07) is 22.2. The molecule has 0 saturated carbocycles. The van der Waals surface area contributed by atoms with Crippen molar-refractivity contribution in [2.45, 2.75) is 18.6 Å². The average molecular weight is 535 g/mol. The van der Waals surface area contributed by atoms with Gasteiger partial charge in [-0.3, -0.25) is 9.59 Å². The molecule has 0 saturated heterocycles. The van der Waals surface area contributed by atoms with Crippen LogP contribution in [0, 0.1) is 0 Å². The Bertz CT molecular complexity index is 1500. The number of phenols is 1. The van der Waals surface area contributed by atoms with Crippen LogP contribution >= 0.6 is 0 Å². The summed E-state index contributed by atoms with van der Waals surface area (Å²) in [5, 5.41) is 13.2. The molecule has 4 aromatic carbocycles. The van der Waals surface area contributed by atoms with E-state index in [0.717, 1.165) is 17.7 Å². The Kier molecular flexibility index (Phi) is 7.90. The van der Waals surface area contributed by atoms with E-state index in [4.69, 9.17) is 10.5 Å². The maximum atomic E-state index is 13.2. The lowest BCUT2D eigenvalue weighted by molar-refractivity contribution is -0.141. The van der Waals surface area contributed by atoms with E-state index in [1.165, 1.54) is 25.3 Å². The number of carbonyl (C=O) groups excluding carboxylic acids is 2. The molecule has 0 radical (unpaired) electrons. The summed E-state index contributed by atoms with van der Waals surface area (Å²) >= 11 is 0. The molecule has 0 heterocycles. The summed E-state index contributed by atoms with van der Waals surface area (Å²) in [5.74, 6) is -1.47. The molecule has 0 aliphatic heterocycles. The van der Waals surface area contributed by atoms with E-state index in [2.05, 4.69) is 5.32 Å². The molecule has 9 heteroatoms. The molecule has 0 aliphatic rings. The Labute approximate surface area is 222 Å². The highest BCUT2D eigenvalue weighted by Gasteiger charge is 2.30. The minimum Gasteiger partial charge on any atom is -0.507 e. The summed E-state index contributed by atoms with van der Waals surface area (Å²) in [6.07, 6.45) is -4.68. The molecule has 39 heavy (non-hydrogen) atoms. The summed E-state index contributed by atoms with van der Waals surface area (Å²) in [6.45, 7) is 0. The van der Waals surface area contributed by atoms with Crippen molar-refractivity contribution in [3.63, 3.8) is 0 Å². The number of nitrogens with one attached hydrogen (secondary N) is 1. The van der Waals surface area contributed by atoms with Gasteiger partial charge in [-0.2, -0.15) is 13.2 Å². The minimum absolute atomic E-state index is 0.00891. The van der Waals surface area contributed by atoms with Gasteiger partial charge in [-0.25, -0.2) is 0 Å². The molecular formula is C30H25F3N2O4. The number of aromatic hydroxyl groups is 1. The molecule has 0 fully saturated rings. The van der Waals surface area contributed by atoms with Crippen LogP contribution in [0.5, 0.6) is 5.75 Å². The van der Waals surface area contributed by atoms with E-state index in [-0.39, 0.29) is 17.7 Å². The molecule has 0 aliphatic carbocycles. The van der Waals surface area contributed by atoms with Gasteiger partial charge in [0.2, 0.25) is 0 Å². The number of methoxy groups -OCH3 is 1. The van der Waals surface area contributed by atoms with Crippen LogP contribution in [-0.4, -0.2) is 24.1 Å². The topological polar surface area (TPSA) is 102 Å². The van der Waals surface area contributed by atoms with Gasteiger partial charge in [-0.05, 0) is 64.2 Å². The van der Waals surface area contributed by atoms with Gasteiger partial charge in [-0.15, -0.1) is 0 Å². The standard InChI is InChI=1S/C30H25F3N2O4/c1-39-28(37)17-26(19-10-8-18(9-11-19)20-4-2-6-23(14-20)30(31,32)33)35-29(38)25-16-22(12-13-27(25)36)21-5-3-7-24(34)15-21/h2-16,26,36H,17,34H2,1H3,(H,35,38). The van der Waals surface area contributed by atoms with Gasteiger partial charge in [0.15, 0.2) is 0 Å². The maximum Gasteiger partial charge on any atom is 0.416 e. The first-order valence-electron chi connectivity index (χ1n) is 11.9. The van der Waals surface area contributed by atoms with Crippen molar-refractivity contribution in [3.05, 3.63) is 108 Å². The summed E-state index contributed by atoms with van der Waals surface area (Å²) < 4.78 is 44.2. The largest absolute Gasteiger partial charge is 0.507 e. The summed E-state index contributed by atoms with van der Waals surface area (Å²) in [7, 11) is 1.22. The van der Waals surface area contributed by atoms with Crippen molar-refractivity contribution in [3.8, 4) is 28.0 Å². The number of hydrogen-bond donors (Lipinski definition) is 3. The highest BCUT2D eigenvalue weighted by Crippen LogP contribution is 2.33. The number of halogens is 3. The number of anilines is 1. The number of hydrogen-bond acceptors (Lipinski definition) is 5. The van der Waals surface area contributed by atoms with Gasteiger partial charge < -0.3 is 20.9 Å². The highest BCUT2D eigenvalue weighted by molar-refractivity contribution is 5.98. The maximum absolute atomic E-state index is 13.2. The Hall–Kier alpha value is -4.79. The third-order valence-corrected chi connectivity index (χ3v) is 6.20. The lowest BCUT2D eigenvalue weighted by atomic mass is 9.97. The minimum atomic E-state index is -4.47. The molecular weight excluding hydrogens is 509 g/mol. The second-order valence-corrected chi connectivity index (χ2v) is 8.86. The number of nitrogen functional groups attached to an aromatic ring is 1. The van der Waals surface area contributed by atoms with Crippen molar-refractivity contribution in [2.24, 2.45) is 0 Å². The summed E-state index contributed by atoms with van der Waals surface area (Å²) in [5.41, 5.74) is 8.46. The van der Waals surface area contributed by atoms with Crippen molar-refractivity contribution < 1.29 is 32.6 Å². The molecule has 1 amide bonds. The molecule has 6 nitrogen and oxygen atoms in total. The Morgan fingerprint density at radius 3 is 2.13 bits per heavy atom. The fraction of sp³-hybridized carbons (Fsp3) is 0.133. The van der Waals surface area contributed by atoms with Crippen LogP contribution in [0.15, 0.2) is 91.0 Å². The van der Waals surface area contributed by atoms with Crippen molar-refractivity contribution in [1.82, 2.24) is 5.32 Å². The number of phenolic OH excluding ortho intramolecular Hbond substituents is 1. The molecule has 0 bridgehead atoms. The van der Waals surface area contributed by atoms with Crippen LogP contribution in [0.3, 0.4) is 0 Å². The van der Waals surface area contributed by atoms with E-state index in [1.54, 1.807) is 54.6 Å². The van der Waals surface area contributed by atoms with Crippen LogP contribution < -0.4 is 11.1 Å². The third kappa shape index (κ3) is 6.56. The van der Waals surface area contributed by atoms with E-state index < -0.39 is 29.7 Å². The van der Waals surface area contributed by atoms with Gasteiger partial charge >= 0.3 is 12.1 Å². The van der Waals surface area contributed by atoms with Crippen molar-refractivity contribution >= 4 is 17.6 Å². The van der Waals surface area contributed by atoms with Crippen LogP contribution in [-0.2, 0) is 15.7 Å². The Morgan fingerprint density at radius 2 is 1.49 bits per heavy atom. The zero-order valence-corrected chi connectivity index (χ0v) is 20.8. The first-order valence-corrected chi connectivity index (χ1v) is 11.9. The number of esters is 1. The fourth-order valence-corrected chi connectivity index (χ4v) is 4.14. The van der Waals surface area contributed by atoms with E-state index in [1.807, 2.05) is 6.07 Å². The predicted molar refractivity (Wildman–Crippen MR) is 142 cm³/mol. The van der Waals surface area contributed by atoms with Gasteiger partial charge in [0.05, 0.1) is 30.7 Å². The first kappa shape index (κ1) is 27.3. The van der Waals surface area contributed by atoms with Crippen LogP contribution in [0.4, 0.5) is 18.9 Å². The molecule has 1 atom stereocenters. The molecule has 200 valence electrons. The fourth-order valence-electron chi connectivity index (χ4n) is 4.14. The van der Waals surface area contributed by atoms with Crippen LogP contribution in [0.25, 0.3) is 22.3 Å². The first-order chi connectivity index (χ1) is 18.5. The van der Waals surface area contributed by atoms with Gasteiger partial charge in [0.1, 0.15) is 5.75 Å². The monoisotopic (exact) mass is 534 g/mol. The zero-order chi connectivity index (χ0) is 28.2. The number of rotatable bonds is 7. The van der Waals surface area contributed by atoms with E-state index in [0.29, 0.717) is 27.9 Å². The number of nitrogens with two attached hydrogens (primary N) is 1. The molecule has 4 aromatic rings. The highest BCUT2D eigenvalue weighted by atomic mass is 19.4. The summed E-state index contributed by atoms with van der Waals surface area (Å²) in [4.78, 5) is 25.4. The molecule has 4 rings (SSSR count). The molecule has 4 N–H and O–H groups in total. The number of amides is 1. The van der Waals surface area contributed by atoms with Gasteiger partial charge in [0, 0.05) is 5.69 Å². The number of ether oxygens (including phenoxy) is 1. The Balaban J connectivity index is 1.61. The second kappa shape index (κ2) is 11.3. The predicted octanol–water partition coefficient (Wildman–Crippen LogP) is 6.36. The molecule has 1 unspecified atom stereocenters. The quantitative estimate of drug-likeness (QED) is 0.189.